The smallest absolute Gasteiger partial charge is 0.341 e. The van der Waals surface area contributed by atoms with Crippen molar-refractivity contribution in [2.24, 2.45) is 5.41 Å². The highest BCUT2D eigenvalue weighted by Crippen LogP contribution is 2.46. The van der Waals surface area contributed by atoms with E-state index >= 15 is 0 Å². The Hall–Kier alpha value is -2.93. The lowest BCUT2D eigenvalue weighted by atomic mass is 9.78. The number of rotatable bonds is 3. The summed E-state index contributed by atoms with van der Waals surface area (Å²) in [6.07, 6.45) is 4.07. The highest BCUT2D eigenvalue weighted by molar-refractivity contribution is 7.15. The average Bonchev–Trinajstić information content (AvgIpc) is 3.11. The predicted molar refractivity (Wildman–Crippen MR) is 118 cm³/mol. The predicted octanol–water partition coefficient (Wildman–Crippen LogP) is 4.80. The van der Waals surface area contributed by atoms with E-state index in [9.17, 15) is 14.7 Å². The number of pyridine rings is 1. The lowest BCUT2D eigenvalue weighted by Gasteiger charge is -2.39. The second kappa shape index (κ2) is 7.09. The van der Waals surface area contributed by atoms with Crippen molar-refractivity contribution in [1.29, 1.82) is 0 Å². The number of thiazole rings is 1. The van der Waals surface area contributed by atoms with Crippen LogP contribution in [0.15, 0.2) is 35.4 Å². The van der Waals surface area contributed by atoms with Crippen LogP contribution in [0.4, 0.5) is 0 Å². The van der Waals surface area contributed by atoms with Crippen LogP contribution in [0.3, 0.4) is 0 Å². The summed E-state index contributed by atoms with van der Waals surface area (Å²) in [6.45, 7) is 8.35. The summed E-state index contributed by atoms with van der Waals surface area (Å²) in [4.78, 5) is 29.5. The minimum absolute atomic E-state index is 0.00291. The van der Waals surface area contributed by atoms with Crippen molar-refractivity contribution in [2.75, 3.05) is 7.11 Å². The molecule has 0 amide bonds. The standard InChI is InChI=1S/C23H24N2O4S/c1-12-24-10-20(30-12)15-6-13-7-21(23(2,3)4)25-11-16(22(27)28)18(26)9-17(25)14(13)8-19(15)29-5/h6,8-11,21H,7H2,1-5H3,(H,27,28). The van der Waals surface area contributed by atoms with Gasteiger partial charge in [-0.2, -0.15) is 0 Å². The molecular weight excluding hydrogens is 400 g/mol. The third kappa shape index (κ3) is 3.33. The number of aromatic nitrogens is 2. The number of nitrogens with zero attached hydrogens (tertiary/aromatic N) is 2. The minimum Gasteiger partial charge on any atom is -0.496 e. The van der Waals surface area contributed by atoms with Crippen LogP contribution in [0.5, 0.6) is 5.75 Å². The minimum atomic E-state index is -1.21. The molecule has 1 aromatic carbocycles. The van der Waals surface area contributed by atoms with Gasteiger partial charge < -0.3 is 14.4 Å². The molecule has 0 radical (unpaired) electrons. The van der Waals surface area contributed by atoms with E-state index in [1.807, 2.05) is 23.8 Å². The summed E-state index contributed by atoms with van der Waals surface area (Å²) in [7, 11) is 1.63. The summed E-state index contributed by atoms with van der Waals surface area (Å²) < 4.78 is 7.62. The first-order valence-electron chi connectivity index (χ1n) is 9.73. The van der Waals surface area contributed by atoms with E-state index in [1.54, 1.807) is 18.4 Å². The number of methoxy groups -OCH3 is 1. The van der Waals surface area contributed by atoms with Gasteiger partial charge in [0.1, 0.15) is 11.3 Å². The topological polar surface area (TPSA) is 81.4 Å². The van der Waals surface area contributed by atoms with Crippen LogP contribution in [0, 0.1) is 12.3 Å². The molecule has 1 aliphatic rings. The van der Waals surface area contributed by atoms with Gasteiger partial charge in [-0.1, -0.05) is 20.8 Å². The van der Waals surface area contributed by atoms with Crippen LogP contribution in [0.25, 0.3) is 21.7 Å². The number of carboxylic acid groups (broad SMARTS) is 1. The Kier molecular flexibility index (Phi) is 4.81. The molecule has 0 saturated carbocycles. The molecule has 1 N–H and O–H groups in total. The Balaban J connectivity index is 2.00. The molecule has 4 rings (SSSR count). The van der Waals surface area contributed by atoms with E-state index in [1.165, 1.54) is 12.3 Å². The van der Waals surface area contributed by atoms with Gasteiger partial charge in [0.2, 0.25) is 0 Å². The van der Waals surface area contributed by atoms with Gasteiger partial charge in [0.05, 0.1) is 22.7 Å². The quantitative estimate of drug-likeness (QED) is 0.653. The number of fused-ring (bicyclic) bond motifs is 3. The summed E-state index contributed by atoms with van der Waals surface area (Å²) >= 11 is 1.61. The van der Waals surface area contributed by atoms with Gasteiger partial charge in [0, 0.05) is 35.6 Å². The number of hydrogen-bond acceptors (Lipinski definition) is 5. The maximum atomic E-state index is 12.5. The third-order valence-corrected chi connectivity index (χ3v) is 6.59. The van der Waals surface area contributed by atoms with E-state index in [-0.39, 0.29) is 17.0 Å². The van der Waals surface area contributed by atoms with Gasteiger partial charge in [0.25, 0.3) is 0 Å². The zero-order valence-electron chi connectivity index (χ0n) is 17.6. The maximum absolute atomic E-state index is 12.5. The molecule has 1 unspecified atom stereocenters. The van der Waals surface area contributed by atoms with Crippen LogP contribution in [-0.2, 0) is 6.42 Å². The number of aryl methyl sites for hydroxylation is 1. The van der Waals surface area contributed by atoms with E-state index in [4.69, 9.17) is 4.74 Å². The summed E-state index contributed by atoms with van der Waals surface area (Å²) in [5.74, 6) is -0.504. The zero-order valence-corrected chi connectivity index (χ0v) is 18.5. The second-order valence-electron chi connectivity index (χ2n) is 8.69. The van der Waals surface area contributed by atoms with Gasteiger partial charge in [-0.3, -0.25) is 4.79 Å². The molecule has 0 aliphatic carbocycles. The van der Waals surface area contributed by atoms with Crippen molar-refractivity contribution in [2.45, 2.75) is 40.2 Å². The molecule has 3 aromatic rings. The van der Waals surface area contributed by atoms with E-state index in [0.717, 1.165) is 38.7 Å². The Bertz CT molecular complexity index is 1220. The van der Waals surface area contributed by atoms with E-state index < -0.39 is 11.4 Å². The van der Waals surface area contributed by atoms with Crippen LogP contribution in [0.2, 0.25) is 0 Å². The normalized spacial score (nSPS) is 15.4. The zero-order chi connectivity index (χ0) is 21.8. The molecule has 156 valence electrons. The Morgan fingerprint density at radius 1 is 1.27 bits per heavy atom. The van der Waals surface area contributed by atoms with E-state index in [0.29, 0.717) is 5.75 Å². The van der Waals surface area contributed by atoms with Crippen LogP contribution >= 0.6 is 11.3 Å². The third-order valence-electron chi connectivity index (χ3n) is 5.65. The fraction of sp³-hybridized carbons (Fsp3) is 0.348. The molecule has 0 saturated heterocycles. The molecule has 1 atom stereocenters. The van der Waals surface area contributed by atoms with Gasteiger partial charge >= 0.3 is 5.97 Å². The van der Waals surface area contributed by atoms with Gasteiger partial charge in [0.15, 0.2) is 5.43 Å². The number of carbonyl (C=O) groups is 1. The summed E-state index contributed by atoms with van der Waals surface area (Å²) in [5.41, 5.74) is 2.86. The fourth-order valence-corrected chi connectivity index (χ4v) is 4.89. The van der Waals surface area contributed by atoms with Crippen molar-refractivity contribution in [3.8, 4) is 27.4 Å². The van der Waals surface area contributed by atoms with Crippen LogP contribution in [0.1, 0.15) is 47.7 Å². The number of carboxylic acids is 1. The molecule has 7 heteroatoms. The Morgan fingerprint density at radius 2 is 2.00 bits per heavy atom. The van der Waals surface area contributed by atoms with Gasteiger partial charge in [-0.15, -0.1) is 11.3 Å². The monoisotopic (exact) mass is 424 g/mol. The number of ether oxygens (including phenoxy) is 1. The summed E-state index contributed by atoms with van der Waals surface area (Å²) in [6, 6.07) is 5.52. The Morgan fingerprint density at radius 3 is 2.57 bits per heavy atom. The molecule has 0 bridgehead atoms. The molecular formula is C23H24N2O4S. The maximum Gasteiger partial charge on any atom is 0.341 e. The first kappa shape index (κ1) is 20.3. The highest BCUT2D eigenvalue weighted by Gasteiger charge is 2.34. The molecule has 6 nitrogen and oxygen atoms in total. The fourth-order valence-electron chi connectivity index (χ4n) is 4.09. The average molecular weight is 425 g/mol. The number of hydrogen-bond donors (Lipinski definition) is 1. The number of benzene rings is 1. The molecule has 3 heterocycles. The van der Waals surface area contributed by atoms with Crippen LogP contribution in [-0.4, -0.2) is 27.7 Å². The molecule has 1 aliphatic heterocycles. The SMILES string of the molecule is COc1cc2c(cc1-c1cnc(C)s1)CC(C(C)(C)C)n1cc(C(=O)O)c(=O)cc1-2. The largest absolute Gasteiger partial charge is 0.496 e. The van der Waals surface area contributed by atoms with Crippen molar-refractivity contribution in [3.63, 3.8) is 0 Å². The number of aromatic carboxylic acids is 1. The molecule has 0 fully saturated rings. The van der Waals surface area contributed by atoms with Crippen molar-refractivity contribution < 1.29 is 14.6 Å². The second-order valence-corrected chi connectivity index (χ2v) is 9.92. The van der Waals surface area contributed by atoms with Crippen LogP contribution < -0.4 is 10.2 Å². The van der Waals surface area contributed by atoms with Gasteiger partial charge in [-0.05, 0) is 36.5 Å². The van der Waals surface area contributed by atoms with Crippen molar-refractivity contribution in [3.05, 3.63) is 57.0 Å². The summed E-state index contributed by atoms with van der Waals surface area (Å²) in [5, 5.41) is 10.4. The molecule has 2 aromatic heterocycles. The van der Waals surface area contributed by atoms with E-state index in [2.05, 4.69) is 31.8 Å². The Labute approximate surface area is 178 Å². The van der Waals surface area contributed by atoms with Crippen molar-refractivity contribution >= 4 is 17.3 Å². The van der Waals surface area contributed by atoms with Crippen molar-refractivity contribution in [1.82, 2.24) is 9.55 Å². The molecule has 30 heavy (non-hydrogen) atoms. The first-order chi connectivity index (χ1) is 14.1. The lowest BCUT2D eigenvalue weighted by molar-refractivity contribution is 0.0693. The molecule has 0 spiro atoms. The first-order valence-corrected chi connectivity index (χ1v) is 10.6. The highest BCUT2D eigenvalue weighted by atomic mass is 32.1. The lowest BCUT2D eigenvalue weighted by Crippen LogP contribution is -2.32. The van der Waals surface area contributed by atoms with Gasteiger partial charge in [-0.25, -0.2) is 9.78 Å².